The van der Waals surface area contributed by atoms with E-state index in [0.717, 1.165) is 11.5 Å². The quantitative estimate of drug-likeness (QED) is 0.746. The molecule has 1 N–H and O–H groups in total. The lowest BCUT2D eigenvalue weighted by atomic mass is 10.1. The molecule has 0 radical (unpaired) electrons. The van der Waals surface area contributed by atoms with Crippen molar-refractivity contribution in [3.63, 3.8) is 0 Å². The summed E-state index contributed by atoms with van der Waals surface area (Å²) in [4.78, 5) is 0. The Morgan fingerprint density at radius 2 is 1.94 bits per heavy atom. The monoisotopic (exact) mass is 239 g/mol. The Balaban J connectivity index is 2.05. The standard InChI is InChI=1S/C14H13N3O/c1-10-4-2-3-5-11(10)8-14-16-15-13-7-6-12(18)9-17(13)14/h2-7,9,18H,8H2,1H3. The third-order valence-corrected chi connectivity index (χ3v) is 3.07. The van der Waals surface area contributed by atoms with Crippen molar-refractivity contribution in [2.24, 2.45) is 0 Å². The van der Waals surface area contributed by atoms with Crippen molar-refractivity contribution in [2.75, 3.05) is 0 Å². The molecule has 2 heterocycles. The zero-order valence-corrected chi connectivity index (χ0v) is 10.0. The Kier molecular flexibility index (Phi) is 2.48. The van der Waals surface area contributed by atoms with Crippen LogP contribution >= 0.6 is 0 Å². The predicted octanol–water partition coefficient (Wildman–Crippen LogP) is 2.33. The topological polar surface area (TPSA) is 50.4 Å². The van der Waals surface area contributed by atoms with E-state index in [1.807, 2.05) is 16.5 Å². The zero-order chi connectivity index (χ0) is 12.5. The lowest BCUT2D eigenvalue weighted by Gasteiger charge is -2.04. The molecule has 3 rings (SSSR count). The summed E-state index contributed by atoms with van der Waals surface area (Å²) in [5.41, 5.74) is 3.20. The highest BCUT2D eigenvalue weighted by molar-refractivity contribution is 5.42. The first-order valence-corrected chi connectivity index (χ1v) is 5.81. The van der Waals surface area contributed by atoms with Crippen LogP contribution in [0.15, 0.2) is 42.6 Å². The molecule has 0 aliphatic carbocycles. The number of nitrogens with zero attached hydrogens (tertiary/aromatic N) is 3. The van der Waals surface area contributed by atoms with Gasteiger partial charge in [0, 0.05) is 6.42 Å². The van der Waals surface area contributed by atoms with Crippen LogP contribution in [0.3, 0.4) is 0 Å². The second-order valence-electron chi connectivity index (χ2n) is 4.33. The average molecular weight is 239 g/mol. The third kappa shape index (κ3) is 1.82. The molecule has 0 spiro atoms. The maximum Gasteiger partial charge on any atom is 0.161 e. The summed E-state index contributed by atoms with van der Waals surface area (Å²) in [6.45, 7) is 2.08. The highest BCUT2D eigenvalue weighted by atomic mass is 16.3. The molecule has 1 aromatic carbocycles. The molecule has 0 amide bonds. The van der Waals surface area contributed by atoms with E-state index in [2.05, 4.69) is 29.3 Å². The van der Waals surface area contributed by atoms with Gasteiger partial charge in [-0.3, -0.25) is 4.40 Å². The molecule has 0 saturated heterocycles. The van der Waals surface area contributed by atoms with Crippen molar-refractivity contribution in [1.29, 1.82) is 0 Å². The second-order valence-corrected chi connectivity index (χ2v) is 4.33. The lowest BCUT2D eigenvalue weighted by molar-refractivity contribution is 0.471. The van der Waals surface area contributed by atoms with Crippen LogP contribution in [0.5, 0.6) is 5.75 Å². The molecule has 0 bridgehead atoms. The van der Waals surface area contributed by atoms with Gasteiger partial charge in [-0.2, -0.15) is 0 Å². The molecule has 90 valence electrons. The van der Waals surface area contributed by atoms with Gasteiger partial charge in [-0.1, -0.05) is 24.3 Å². The van der Waals surface area contributed by atoms with Crippen LogP contribution in [0.4, 0.5) is 0 Å². The predicted molar refractivity (Wildman–Crippen MR) is 68.6 cm³/mol. The molecule has 0 fully saturated rings. The number of pyridine rings is 1. The van der Waals surface area contributed by atoms with E-state index in [9.17, 15) is 5.11 Å². The number of benzene rings is 1. The summed E-state index contributed by atoms with van der Waals surface area (Å²) in [6, 6.07) is 11.6. The van der Waals surface area contributed by atoms with Crippen molar-refractivity contribution in [3.8, 4) is 5.75 Å². The molecule has 18 heavy (non-hydrogen) atoms. The van der Waals surface area contributed by atoms with Crippen LogP contribution in [-0.4, -0.2) is 19.7 Å². The molecule has 4 nitrogen and oxygen atoms in total. The van der Waals surface area contributed by atoms with Crippen LogP contribution in [0.25, 0.3) is 5.65 Å². The summed E-state index contributed by atoms with van der Waals surface area (Å²) in [6.07, 6.45) is 2.35. The zero-order valence-electron chi connectivity index (χ0n) is 10.0. The number of hydrogen-bond donors (Lipinski definition) is 1. The van der Waals surface area contributed by atoms with Crippen molar-refractivity contribution >= 4 is 5.65 Å². The van der Waals surface area contributed by atoms with Gasteiger partial charge < -0.3 is 5.11 Å². The Morgan fingerprint density at radius 3 is 2.78 bits per heavy atom. The van der Waals surface area contributed by atoms with E-state index in [1.165, 1.54) is 11.1 Å². The van der Waals surface area contributed by atoms with Crippen molar-refractivity contribution in [1.82, 2.24) is 14.6 Å². The Morgan fingerprint density at radius 1 is 1.11 bits per heavy atom. The van der Waals surface area contributed by atoms with E-state index in [0.29, 0.717) is 6.42 Å². The van der Waals surface area contributed by atoms with Crippen molar-refractivity contribution in [3.05, 3.63) is 59.5 Å². The maximum absolute atomic E-state index is 9.52. The van der Waals surface area contributed by atoms with Crippen LogP contribution in [0.1, 0.15) is 17.0 Å². The number of hydrogen-bond acceptors (Lipinski definition) is 3. The van der Waals surface area contributed by atoms with Gasteiger partial charge in [0.25, 0.3) is 0 Å². The smallest absolute Gasteiger partial charge is 0.161 e. The molecule has 0 aliphatic heterocycles. The van der Waals surface area contributed by atoms with Crippen molar-refractivity contribution < 1.29 is 5.11 Å². The minimum atomic E-state index is 0.216. The van der Waals surface area contributed by atoms with Crippen LogP contribution in [-0.2, 0) is 6.42 Å². The molecular weight excluding hydrogens is 226 g/mol. The first-order chi connectivity index (χ1) is 8.74. The van der Waals surface area contributed by atoms with Gasteiger partial charge in [0.1, 0.15) is 11.6 Å². The largest absolute Gasteiger partial charge is 0.506 e. The normalized spacial score (nSPS) is 10.9. The summed E-state index contributed by atoms with van der Waals surface area (Å²) >= 11 is 0. The average Bonchev–Trinajstić information content (AvgIpc) is 2.75. The fraction of sp³-hybridized carbons (Fsp3) is 0.143. The molecule has 2 aromatic heterocycles. The minimum absolute atomic E-state index is 0.216. The molecule has 0 aliphatic rings. The van der Waals surface area contributed by atoms with Crippen molar-refractivity contribution in [2.45, 2.75) is 13.3 Å². The highest BCUT2D eigenvalue weighted by Crippen LogP contribution is 2.16. The van der Waals surface area contributed by atoms with Gasteiger partial charge in [0.15, 0.2) is 5.65 Å². The van der Waals surface area contributed by atoms with E-state index in [4.69, 9.17) is 0 Å². The number of aromatic nitrogens is 3. The second kappa shape index (κ2) is 4.14. The fourth-order valence-electron chi connectivity index (χ4n) is 2.03. The van der Waals surface area contributed by atoms with Gasteiger partial charge in [-0.05, 0) is 30.2 Å². The van der Waals surface area contributed by atoms with E-state index in [1.54, 1.807) is 18.3 Å². The van der Waals surface area contributed by atoms with E-state index >= 15 is 0 Å². The van der Waals surface area contributed by atoms with Crippen LogP contribution in [0.2, 0.25) is 0 Å². The van der Waals surface area contributed by atoms with E-state index < -0.39 is 0 Å². The number of aromatic hydroxyl groups is 1. The number of rotatable bonds is 2. The van der Waals surface area contributed by atoms with Crippen LogP contribution < -0.4 is 0 Å². The van der Waals surface area contributed by atoms with Gasteiger partial charge >= 0.3 is 0 Å². The van der Waals surface area contributed by atoms with Gasteiger partial charge in [-0.15, -0.1) is 10.2 Å². The Labute approximate surface area is 105 Å². The van der Waals surface area contributed by atoms with Gasteiger partial charge in [0.2, 0.25) is 0 Å². The first-order valence-electron chi connectivity index (χ1n) is 5.81. The summed E-state index contributed by atoms with van der Waals surface area (Å²) in [7, 11) is 0. The summed E-state index contributed by atoms with van der Waals surface area (Å²) in [5.74, 6) is 1.04. The summed E-state index contributed by atoms with van der Waals surface area (Å²) < 4.78 is 1.82. The van der Waals surface area contributed by atoms with Gasteiger partial charge in [0.05, 0.1) is 6.20 Å². The van der Waals surface area contributed by atoms with E-state index in [-0.39, 0.29) is 5.75 Å². The highest BCUT2D eigenvalue weighted by Gasteiger charge is 2.08. The summed E-state index contributed by atoms with van der Waals surface area (Å²) in [5, 5.41) is 17.8. The SMILES string of the molecule is Cc1ccccc1Cc1nnc2ccc(O)cn12. The molecule has 3 aromatic rings. The minimum Gasteiger partial charge on any atom is -0.506 e. The number of aryl methyl sites for hydroxylation is 1. The van der Waals surface area contributed by atoms with Crippen LogP contribution in [0, 0.1) is 6.92 Å². The number of fused-ring (bicyclic) bond motifs is 1. The molecule has 0 saturated carbocycles. The Hall–Kier alpha value is -2.36. The third-order valence-electron chi connectivity index (χ3n) is 3.07. The lowest BCUT2D eigenvalue weighted by Crippen LogP contribution is -1.97. The molecular formula is C14H13N3O. The first kappa shape index (κ1) is 10.8. The molecule has 0 atom stereocenters. The maximum atomic E-state index is 9.52. The fourth-order valence-corrected chi connectivity index (χ4v) is 2.03. The molecule has 0 unspecified atom stereocenters. The Bertz CT molecular complexity index is 703. The molecule has 4 heteroatoms. The van der Waals surface area contributed by atoms with Gasteiger partial charge in [-0.25, -0.2) is 0 Å².